The molecule has 0 atom stereocenters. The van der Waals surface area contributed by atoms with E-state index in [9.17, 15) is 32.1 Å². The van der Waals surface area contributed by atoms with Crippen LogP contribution in [0, 0.1) is 10.1 Å². The van der Waals surface area contributed by atoms with Crippen LogP contribution in [0.2, 0.25) is 0 Å². The van der Waals surface area contributed by atoms with Crippen LogP contribution in [0.15, 0.2) is 47.5 Å². The molecule has 0 amide bonds. The number of halogens is 5. The molecule has 2 aromatic rings. The molecule has 0 aliphatic heterocycles. The predicted octanol–water partition coefficient (Wildman–Crippen LogP) is 4.85. The molecule has 6 nitrogen and oxygen atoms in total. The molecule has 0 aliphatic rings. The second-order valence-electron chi connectivity index (χ2n) is 4.66. The molecule has 0 aromatic heterocycles. The summed E-state index contributed by atoms with van der Waals surface area (Å²) in [6.45, 7) is -3.15. The van der Waals surface area contributed by atoms with Crippen LogP contribution in [0.3, 0.4) is 0 Å². The molecule has 0 aliphatic carbocycles. The third-order valence-electron chi connectivity index (χ3n) is 2.84. The quantitative estimate of drug-likeness (QED) is 0.313. The number of nitro benzene ring substituents is 1. The first kappa shape index (κ1) is 19.1. The fraction of sp³-hybridized carbons (Fsp3) is 0.133. The number of benzene rings is 2. The Bertz CT molecular complexity index is 807. The minimum absolute atomic E-state index is 0.102. The molecule has 0 N–H and O–H groups in total. The molecular weight excluding hydrogens is 367 g/mol. The highest BCUT2D eigenvalue weighted by atomic mass is 19.4. The van der Waals surface area contributed by atoms with E-state index in [0.29, 0.717) is 0 Å². The number of rotatable bonds is 6. The third-order valence-corrected chi connectivity index (χ3v) is 2.84. The van der Waals surface area contributed by atoms with Gasteiger partial charge in [-0.1, -0.05) is 0 Å². The van der Waals surface area contributed by atoms with Crippen molar-refractivity contribution in [3.05, 3.63) is 58.1 Å². The van der Waals surface area contributed by atoms with E-state index in [0.717, 1.165) is 36.5 Å². The van der Waals surface area contributed by atoms with Gasteiger partial charge in [-0.25, -0.2) is 0 Å². The fourth-order valence-electron chi connectivity index (χ4n) is 1.83. The fourth-order valence-corrected chi connectivity index (χ4v) is 1.83. The van der Waals surface area contributed by atoms with Gasteiger partial charge in [0.2, 0.25) is 0 Å². The first-order valence-corrected chi connectivity index (χ1v) is 6.77. The van der Waals surface area contributed by atoms with E-state index in [1.54, 1.807) is 0 Å². The van der Waals surface area contributed by atoms with Gasteiger partial charge in [0.25, 0.3) is 5.69 Å². The first-order valence-electron chi connectivity index (χ1n) is 6.77. The summed E-state index contributed by atoms with van der Waals surface area (Å²) in [7, 11) is 0. The summed E-state index contributed by atoms with van der Waals surface area (Å²) in [6.07, 6.45) is -3.82. The van der Waals surface area contributed by atoms with Crippen LogP contribution in [0.5, 0.6) is 11.5 Å². The summed E-state index contributed by atoms with van der Waals surface area (Å²) in [6, 6.07) is 7.33. The molecule has 0 saturated heterocycles. The van der Waals surface area contributed by atoms with Crippen molar-refractivity contribution in [3.8, 4) is 11.5 Å². The lowest BCUT2D eigenvalue weighted by molar-refractivity contribution is -0.384. The molecule has 2 rings (SSSR count). The van der Waals surface area contributed by atoms with Gasteiger partial charge in [0.1, 0.15) is 11.5 Å². The van der Waals surface area contributed by atoms with Crippen molar-refractivity contribution in [3.63, 3.8) is 0 Å². The van der Waals surface area contributed by atoms with E-state index >= 15 is 0 Å². The molecule has 11 heteroatoms. The zero-order valence-corrected chi connectivity index (χ0v) is 12.6. The molecule has 138 valence electrons. The van der Waals surface area contributed by atoms with Crippen molar-refractivity contribution >= 4 is 17.6 Å². The number of non-ortho nitro benzene ring substituents is 1. The average molecular weight is 376 g/mol. The highest BCUT2D eigenvalue weighted by Gasteiger charge is 2.30. The van der Waals surface area contributed by atoms with Crippen molar-refractivity contribution < 1.29 is 36.3 Å². The van der Waals surface area contributed by atoms with Crippen LogP contribution in [0.1, 0.15) is 5.56 Å². The molecule has 0 saturated carbocycles. The van der Waals surface area contributed by atoms with Gasteiger partial charge in [-0.15, -0.1) is 13.2 Å². The minimum Gasteiger partial charge on any atom is -0.434 e. The Balaban J connectivity index is 2.25. The maximum absolute atomic E-state index is 12.4. The largest absolute Gasteiger partial charge is 0.573 e. The van der Waals surface area contributed by atoms with Gasteiger partial charge in [0.05, 0.1) is 10.6 Å². The SMILES string of the molecule is O=[N+]([O-])c1ccc(OC(F)F)c(C=Nc2ccc(OC(F)(F)F)cc2)c1. The smallest absolute Gasteiger partial charge is 0.434 e. The number of nitrogens with zero attached hydrogens (tertiary/aromatic N) is 2. The van der Waals surface area contributed by atoms with Crippen LogP contribution in [0.25, 0.3) is 0 Å². The summed E-state index contributed by atoms with van der Waals surface area (Å²) in [5, 5.41) is 10.8. The van der Waals surface area contributed by atoms with Gasteiger partial charge in [0, 0.05) is 23.9 Å². The van der Waals surface area contributed by atoms with E-state index in [1.165, 1.54) is 12.1 Å². The molecule has 2 aromatic carbocycles. The van der Waals surface area contributed by atoms with Gasteiger partial charge in [-0.2, -0.15) is 8.78 Å². The predicted molar refractivity (Wildman–Crippen MR) is 80.1 cm³/mol. The van der Waals surface area contributed by atoms with Gasteiger partial charge in [-0.3, -0.25) is 15.1 Å². The van der Waals surface area contributed by atoms with Gasteiger partial charge < -0.3 is 9.47 Å². The van der Waals surface area contributed by atoms with E-state index in [1.807, 2.05) is 0 Å². The lowest BCUT2D eigenvalue weighted by atomic mass is 10.2. The number of ether oxygens (including phenoxy) is 2. The number of nitro groups is 1. The molecule has 0 radical (unpaired) electrons. The Morgan fingerprint density at radius 3 is 2.31 bits per heavy atom. The second kappa shape index (κ2) is 7.76. The molecule has 0 spiro atoms. The number of hydrogen-bond acceptors (Lipinski definition) is 5. The second-order valence-corrected chi connectivity index (χ2v) is 4.66. The van der Waals surface area contributed by atoms with Gasteiger partial charge in [0.15, 0.2) is 0 Å². The Morgan fingerprint density at radius 1 is 1.12 bits per heavy atom. The topological polar surface area (TPSA) is 74.0 Å². The first-order chi connectivity index (χ1) is 12.1. The van der Waals surface area contributed by atoms with Crippen molar-refractivity contribution in [1.82, 2.24) is 0 Å². The highest BCUT2D eigenvalue weighted by Crippen LogP contribution is 2.27. The summed E-state index contributed by atoms with van der Waals surface area (Å²) < 4.78 is 69.0. The van der Waals surface area contributed by atoms with E-state index in [4.69, 9.17) is 0 Å². The van der Waals surface area contributed by atoms with Crippen molar-refractivity contribution in [2.45, 2.75) is 13.0 Å². The third kappa shape index (κ3) is 5.69. The number of aliphatic imine (C=N–C) groups is 1. The Hall–Kier alpha value is -3.24. The maximum Gasteiger partial charge on any atom is 0.573 e. The lowest BCUT2D eigenvalue weighted by Crippen LogP contribution is -2.16. The van der Waals surface area contributed by atoms with Crippen LogP contribution in [0.4, 0.5) is 33.3 Å². The molecule has 0 bridgehead atoms. The summed E-state index contributed by atoms with van der Waals surface area (Å²) >= 11 is 0. The van der Waals surface area contributed by atoms with Crippen molar-refractivity contribution in [2.24, 2.45) is 4.99 Å². The molecule has 0 fully saturated rings. The van der Waals surface area contributed by atoms with E-state index < -0.39 is 23.6 Å². The normalized spacial score (nSPS) is 11.8. The molecule has 0 heterocycles. The summed E-state index contributed by atoms with van der Waals surface area (Å²) in [4.78, 5) is 13.9. The van der Waals surface area contributed by atoms with Crippen LogP contribution < -0.4 is 9.47 Å². The van der Waals surface area contributed by atoms with Gasteiger partial charge >= 0.3 is 13.0 Å². The van der Waals surface area contributed by atoms with Crippen molar-refractivity contribution in [2.75, 3.05) is 0 Å². The summed E-state index contributed by atoms with van der Waals surface area (Å²) in [5.74, 6) is -0.806. The Labute approximate surface area is 142 Å². The monoisotopic (exact) mass is 376 g/mol. The average Bonchev–Trinajstić information content (AvgIpc) is 2.53. The standard InChI is InChI=1S/C15H9F5N2O4/c16-14(17)25-13-6-3-11(22(23)24)7-9(13)8-21-10-1-4-12(5-2-10)26-15(18,19)20/h1-8,14H. The van der Waals surface area contributed by atoms with Crippen LogP contribution >= 0.6 is 0 Å². The van der Waals surface area contributed by atoms with Crippen LogP contribution in [-0.2, 0) is 0 Å². The van der Waals surface area contributed by atoms with E-state index in [-0.39, 0.29) is 22.7 Å². The minimum atomic E-state index is -4.84. The van der Waals surface area contributed by atoms with E-state index in [2.05, 4.69) is 14.5 Å². The molecular formula is C15H9F5N2O4. The molecule has 0 unspecified atom stereocenters. The Kier molecular flexibility index (Phi) is 5.70. The molecule has 26 heavy (non-hydrogen) atoms. The summed E-state index contributed by atoms with van der Waals surface area (Å²) in [5.41, 5.74) is -0.314. The maximum atomic E-state index is 12.4. The zero-order valence-electron chi connectivity index (χ0n) is 12.6. The lowest BCUT2D eigenvalue weighted by Gasteiger charge is -2.08. The van der Waals surface area contributed by atoms with Crippen molar-refractivity contribution in [1.29, 1.82) is 0 Å². The number of alkyl halides is 5. The Morgan fingerprint density at radius 2 is 1.77 bits per heavy atom. The number of hydrogen-bond donors (Lipinski definition) is 0. The van der Waals surface area contributed by atoms with Crippen LogP contribution in [-0.4, -0.2) is 24.1 Å². The zero-order chi connectivity index (χ0) is 19.3. The highest BCUT2D eigenvalue weighted by molar-refractivity contribution is 5.86. The van der Waals surface area contributed by atoms with Gasteiger partial charge in [-0.05, 0) is 30.3 Å².